The van der Waals surface area contributed by atoms with E-state index < -0.39 is 4.92 Å². The fraction of sp³-hybridized carbons (Fsp3) is 0.385. The molecule has 0 bridgehead atoms. The minimum Gasteiger partial charge on any atom is -0.372 e. The molecule has 0 aliphatic carbocycles. The van der Waals surface area contributed by atoms with Gasteiger partial charge in [0.1, 0.15) is 0 Å². The maximum atomic E-state index is 10.3. The van der Waals surface area contributed by atoms with E-state index in [9.17, 15) is 10.1 Å². The Morgan fingerprint density at radius 1 is 1.35 bits per heavy atom. The third-order valence-electron chi connectivity index (χ3n) is 2.76. The Labute approximate surface area is 102 Å². The Bertz CT molecular complexity index is 423. The SMILES string of the molecule is CCN(CC)c1ccc(C=C[N+](=O)[O-])c(C)c1. The van der Waals surface area contributed by atoms with E-state index in [2.05, 4.69) is 24.8 Å². The van der Waals surface area contributed by atoms with Crippen molar-refractivity contribution < 1.29 is 4.92 Å². The first-order valence-corrected chi connectivity index (χ1v) is 5.75. The van der Waals surface area contributed by atoms with Crippen LogP contribution < -0.4 is 4.90 Å². The number of nitrogens with zero attached hydrogens (tertiary/aromatic N) is 2. The average molecular weight is 234 g/mol. The Morgan fingerprint density at radius 2 is 2.00 bits per heavy atom. The molecule has 0 aromatic heterocycles. The van der Waals surface area contributed by atoms with Gasteiger partial charge in [-0.15, -0.1) is 0 Å². The fourth-order valence-corrected chi connectivity index (χ4v) is 1.77. The summed E-state index contributed by atoms with van der Waals surface area (Å²) in [5.74, 6) is 0. The molecule has 0 aliphatic rings. The second kappa shape index (κ2) is 6.03. The van der Waals surface area contributed by atoms with Crippen molar-refractivity contribution in [2.45, 2.75) is 20.8 Å². The van der Waals surface area contributed by atoms with Crippen LogP contribution in [0.1, 0.15) is 25.0 Å². The van der Waals surface area contributed by atoms with Gasteiger partial charge in [0.05, 0.1) is 4.92 Å². The van der Waals surface area contributed by atoms with Gasteiger partial charge >= 0.3 is 0 Å². The third kappa shape index (κ3) is 3.59. The summed E-state index contributed by atoms with van der Waals surface area (Å²) in [5, 5.41) is 10.3. The van der Waals surface area contributed by atoms with Gasteiger partial charge in [-0.05, 0) is 44.0 Å². The van der Waals surface area contributed by atoms with Gasteiger partial charge in [-0.25, -0.2) is 0 Å². The van der Waals surface area contributed by atoms with E-state index in [-0.39, 0.29) is 0 Å². The molecule has 4 heteroatoms. The summed E-state index contributed by atoms with van der Waals surface area (Å²) in [6.07, 6.45) is 2.50. The number of rotatable bonds is 5. The first-order chi connectivity index (χ1) is 8.08. The minimum atomic E-state index is -0.447. The van der Waals surface area contributed by atoms with E-state index in [0.29, 0.717) is 0 Å². The van der Waals surface area contributed by atoms with Gasteiger partial charge < -0.3 is 4.90 Å². The molecule has 0 unspecified atom stereocenters. The molecular formula is C13H18N2O2. The highest BCUT2D eigenvalue weighted by molar-refractivity contribution is 5.59. The molecule has 0 saturated heterocycles. The predicted molar refractivity (Wildman–Crippen MR) is 70.8 cm³/mol. The van der Waals surface area contributed by atoms with Gasteiger partial charge in [0.15, 0.2) is 0 Å². The van der Waals surface area contributed by atoms with Gasteiger partial charge in [0.25, 0.3) is 0 Å². The van der Waals surface area contributed by atoms with E-state index in [1.807, 2.05) is 19.1 Å². The highest BCUT2D eigenvalue weighted by Crippen LogP contribution is 2.19. The number of hydrogen-bond donors (Lipinski definition) is 0. The summed E-state index contributed by atoms with van der Waals surface area (Å²) in [5.41, 5.74) is 3.09. The lowest BCUT2D eigenvalue weighted by molar-refractivity contribution is -0.400. The molecule has 4 nitrogen and oxygen atoms in total. The van der Waals surface area contributed by atoms with Crippen LogP contribution >= 0.6 is 0 Å². The lowest BCUT2D eigenvalue weighted by Crippen LogP contribution is -2.21. The molecule has 0 fully saturated rings. The molecule has 0 heterocycles. The first-order valence-electron chi connectivity index (χ1n) is 5.75. The molecule has 92 valence electrons. The zero-order valence-electron chi connectivity index (χ0n) is 10.5. The van der Waals surface area contributed by atoms with Crippen LogP contribution in [0.5, 0.6) is 0 Å². The molecule has 1 aromatic rings. The van der Waals surface area contributed by atoms with E-state index in [1.165, 1.54) is 6.08 Å². The Balaban J connectivity index is 2.97. The lowest BCUT2D eigenvalue weighted by atomic mass is 10.1. The molecule has 0 atom stereocenters. The Morgan fingerprint density at radius 3 is 2.47 bits per heavy atom. The standard InChI is InChI=1S/C13H18N2O2/c1-4-14(5-2)13-7-6-12(11(3)10-13)8-9-15(16)17/h6-10H,4-5H2,1-3H3. The van der Waals surface area contributed by atoms with Crippen molar-refractivity contribution in [2.24, 2.45) is 0 Å². The van der Waals surface area contributed by atoms with Crippen LogP contribution in [-0.4, -0.2) is 18.0 Å². The van der Waals surface area contributed by atoms with Crippen LogP contribution in [0.2, 0.25) is 0 Å². The molecule has 0 saturated carbocycles. The quantitative estimate of drug-likeness (QED) is 0.581. The normalized spacial score (nSPS) is 10.8. The Kier molecular flexibility index (Phi) is 4.69. The highest BCUT2D eigenvalue weighted by Gasteiger charge is 2.03. The second-order valence-electron chi connectivity index (χ2n) is 3.81. The molecule has 0 amide bonds. The van der Waals surface area contributed by atoms with E-state index >= 15 is 0 Å². The fourth-order valence-electron chi connectivity index (χ4n) is 1.77. The monoisotopic (exact) mass is 234 g/mol. The smallest absolute Gasteiger partial charge is 0.235 e. The van der Waals surface area contributed by atoms with Crippen molar-refractivity contribution >= 4 is 11.8 Å². The first kappa shape index (κ1) is 13.2. The molecule has 17 heavy (non-hydrogen) atoms. The number of benzene rings is 1. The zero-order valence-corrected chi connectivity index (χ0v) is 10.5. The van der Waals surface area contributed by atoms with Crippen molar-refractivity contribution in [3.8, 4) is 0 Å². The van der Waals surface area contributed by atoms with Crippen LogP contribution in [0, 0.1) is 17.0 Å². The molecule has 0 N–H and O–H groups in total. The zero-order chi connectivity index (χ0) is 12.8. The van der Waals surface area contributed by atoms with Crippen LogP contribution in [0.4, 0.5) is 5.69 Å². The molecular weight excluding hydrogens is 216 g/mol. The highest BCUT2D eigenvalue weighted by atomic mass is 16.6. The van der Waals surface area contributed by atoms with Crippen molar-refractivity contribution in [3.63, 3.8) is 0 Å². The Hall–Kier alpha value is -1.84. The summed E-state index contributed by atoms with van der Waals surface area (Å²) < 4.78 is 0. The van der Waals surface area contributed by atoms with Gasteiger partial charge in [-0.3, -0.25) is 10.1 Å². The maximum absolute atomic E-state index is 10.3. The van der Waals surface area contributed by atoms with Crippen LogP contribution in [0.15, 0.2) is 24.4 Å². The van der Waals surface area contributed by atoms with Gasteiger partial charge in [-0.1, -0.05) is 6.07 Å². The van der Waals surface area contributed by atoms with Crippen molar-refractivity contribution in [1.29, 1.82) is 0 Å². The summed E-state index contributed by atoms with van der Waals surface area (Å²) >= 11 is 0. The van der Waals surface area contributed by atoms with Gasteiger partial charge in [0, 0.05) is 24.9 Å². The van der Waals surface area contributed by atoms with Crippen molar-refractivity contribution in [3.05, 3.63) is 45.6 Å². The molecule has 0 radical (unpaired) electrons. The lowest BCUT2D eigenvalue weighted by Gasteiger charge is -2.21. The van der Waals surface area contributed by atoms with Crippen LogP contribution in [-0.2, 0) is 0 Å². The molecule has 0 spiro atoms. The summed E-state index contributed by atoms with van der Waals surface area (Å²) in [6, 6.07) is 5.98. The second-order valence-corrected chi connectivity index (χ2v) is 3.81. The largest absolute Gasteiger partial charge is 0.372 e. The average Bonchev–Trinajstić information content (AvgIpc) is 2.29. The van der Waals surface area contributed by atoms with E-state index in [1.54, 1.807) is 0 Å². The molecule has 1 rings (SSSR count). The van der Waals surface area contributed by atoms with Crippen LogP contribution in [0.3, 0.4) is 0 Å². The minimum absolute atomic E-state index is 0.447. The number of aryl methyl sites for hydroxylation is 1. The third-order valence-corrected chi connectivity index (χ3v) is 2.76. The maximum Gasteiger partial charge on any atom is 0.235 e. The van der Waals surface area contributed by atoms with Gasteiger partial charge in [0.2, 0.25) is 6.20 Å². The van der Waals surface area contributed by atoms with Gasteiger partial charge in [-0.2, -0.15) is 0 Å². The molecule has 1 aromatic carbocycles. The summed E-state index contributed by atoms with van der Waals surface area (Å²) in [4.78, 5) is 12.1. The van der Waals surface area contributed by atoms with Crippen molar-refractivity contribution in [1.82, 2.24) is 0 Å². The number of hydrogen-bond acceptors (Lipinski definition) is 3. The van der Waals surface area contributed by atoms with E-state index in [0.717, 1.165) is 36.1 Å². The predicted octanol–water partition coefficient (Wildman–Crippen LogP) is 3.09. The number of anilines is 1. The summed E-state index contributed by atoms with van der Waals surface area (Å²) in [7, 11) is 0. The molecule has 0 aliphatic heterocycles. The van der Waals surface area contributed by atoms with Crippen molar-refractivity contribution in [2.75, 3.05) is 18.0 Å². The van der Waals surface area contributed by atoms with Crippen LogP contribution in [0.25, 0.3) is 6.08 Å². The number of nitro groups is 1. The topological polar surface area (TPSA) is 46.4 Å². The summed E-state index contributed by atoms with van der Waals surface area (Å²) in [6.45, 7) is 8.10. The van der Waals surface area contributed by atoms with E-state index in [4.69, 9.17) is 0 Å².